The van der Waals surface area contributed by atoms with Crippen molar-refractivity contribution in [2.75, 3.05) is 39.5 Å². The van der Waals surface area contributed by atoms with Gasteiger partial charge in [-0.1, -0.05) is 6.92 Å². The minimum atomic E-state index is 0.801. The van der Waals surface area contributed by atoms with E-state index >= 15 is 0 Å². The minimum absolute atomic E-state index is 0.801. The molecule has 15 heavy (non-hydrogen) atoms. The fourth-order valence-electron chi connectivity index (χ4n) is 2.00. The second-order valence-electron chi connectivity index (χ2n) is 4.79. The number of hydrogen-bond acceptors (Lipinski definition) is 3. The van der Waals surface area contributed by atoms with Crippen LogP contribution in [0.5, 0.6) is 0 Å². The molecule has 3 heteroatoms. The molecule has 1 rings (SSSR count). The van der Waals surface area contributed by atoms with Gasteiger partial charge in [0.25, 0.3) is 0 Å². The van der Waals surface area contributed by atoms with Crippen LogP contribution >= 0.6 is 11.8 Å². The molecule has 1 fully saturated rings. The summed E-state index contributed by atoms with van der Waals surface area (Å²) in [5.74, 6) is 0.922. The molecule has 0 saturated carbocycles. The molecule has 0 aliphatic carbocycles. The second-order valence-corrected chi connectivity index (χ2v) is 6.06. The minimum Gasteiger partial charge on any atom is -0.316 e. The van der Waals surface area contributed by atoms with Crippen molar-refractivity contribution in [1.29, 1.82) is 0 Å². The maximum Gasteiger partial charge on any atom is 0.00280 e. The summed E-state index contributed by atoms with van der Waals surface area (Å²) < 4.78 is 0. The Bertz CT molecular complexity index is 156. The molecule has 0 amide bonds. The number of piperidine rings is 1. The van der Waals surface area contributed by atoms with Gasteiger partial charge in [0, 0.05) is 5.25 Å². The van der Waals surface area contributed by atoms with Crippen LogP contribution in [0.25, 0.3) is 0 Å². The summed E-state index contributed by atoms with van der Waals surface area (Å²) in [6, 6.07) is 0. The maximum absolute atomic E-state index is 3.60. The van der Waals surface area contributed by atoms with Crippen molar-refractivity contribution in [3.63, 3.8) is 0 Å². The lowest BCUT2D eigenvalue weighted by Gasteiger charge is -2.29. The lowest BCUT2D eigenvalue weighted by atomic mass is 9.97. The van der Waals surface area contributed by atoms with Crippen LogP contribution in [0.15, 0.2) is 0 Å². The molecule has 0 spiro atoms. The molecule has 0 aromatic carbocycles. The van der Waals surface area contributed by atoms with Crippen molar-refractivity contribution in [3.05, 3.63) is 0 Å². The van der Waals surface area contributed by atoms with Crippen molar-refractivity contribution < 1.29 is 0 Å². The Kier molecular flexibility index (Phi) is 6.69. The van der Waals surface area contributed by atoms with E-state index in [-0.39, 0.29) is 0 Å². The molecule has 1 atom stereocenters. The normalized spacial score (nSPS) is 21.8. The van der Waals surface area contributed by atoms with Crippen LogP contribution < -0.4 is 5.32 Å². The summed E-state index contributed by atoms with van der Waals surface area (Å²) in [6.45, 7) is 7.30. The lowest BCUT2D eigenvalue weighted by molar-refractivity contribution is 0.216. The van der Waals surface area contributed by atoms with Gasteiger partial charge in [-0.2, -0.15) is 11.8 Å². The molecule has 0 radical (unpaired) electrons. The van der Waals surface area contributed by atoms with Crippen LogP contribution in [-0.4, -0.2) is 49.6 Å². The van der Waals surface area contributed by atoms with Crippen molar-refractivity contribution in [1.82, 2.24) is 10.2 Å². The fraction of sp³-hybridized carbons (Fsp3) is 1.00. The van der Waals surface area contributed by atoms with E-state index in [0.29, 0.717) is 0 Å². The molecule has 0 aromatic heterocycles. The van der Waals surface area contributed by atoms with Crippen molar-refractivity contribution >= 4 is 11.8 Å². The van der Waals surface area contributed by atoms with Gasteiger partial charge in [0.05, 0.1) is 0 Å². The number of hydrogen-bond donors (Lipinski definition) is 1. The van der Waals surface area contributed by atoms with Gasteiger partial charge < -0.3 is 10.2 Å². The fourth-order valence-corrected chi connectivity index (χ4v) is 2.35. The van der Waals surface area contributed by atoms with Crippen LogP contribution in [0.1, 0.15) is 26.2 Å². The van der Waals surface area contributed by atoms with Gasteiger partial charge in [-0.05, 0) is 64.7 Å². The van der Waals surface area contributed by atoms with E-state index in [1.165, 1.54) is 45.4 Å². The molecule has 1 unspecified atom stereocenters. The first-order chi connectivity index (χ1) is 7.22. The predicted octanol–water partition coefficient (Wildman–Crippen LogP) is 2.06. The Morgan fingerprint density at radius 3 is 2.67 bits per heavy atom. The Balaban J connectivity index is 1.96. The molecule has 2 nitrogen and oxygen atoms in total. The highest BCUT2D eigenvalue weighted by molar-refractivity contribution is 7.99. The Morgan fingerprint density at radius 1 is 1.40 bits per heavy atom. The van der Waals surface area contributed by atoms with E-state index in [4.69, 9.17) is 0 Å². The molecule has 1 aliphatic rings. The summed E-state index contributed by atoms with van der Waals surface area (Å²) in [6.07, 6.45) is 6.25. The number of nitrogens with one attached hydrogen (secondary N) is 1. The molecule has 1 aliphatic heterocycles. The highest BCUT2D eigenvalue weighted by atomic mass is 32.2. The molecule has 1 heterocycles. The van der Waals surface area contributed by atoms with Crippen LogP contribution in [0.4, 0.5) is 0 Å². The van der Waals surface area contributed by atoms with E-state index in [0.717, 1.165) is 11.2 Å². The number of rotatable bonds is 6. The third kappa shape index (κ3) is 5.79. The lowest BCUT2D eigenvalue weighted by Crippen LogP contribution is -2.35. The third-order valence-corrected chi connectivity index (χ3v) is 4.44. The van der Waals surface area contributed by atoms with Gasteiger partial charge in [-0.15, -0.1) is 0 Å². The summed E-state index contributed by atoms with van der Waals surface area (Å²) in [5.41, 5.74) is 0. The smallest absolute Gasteiger partial charge is 0.00280 e. The van der Waals surface area contributed by atoms with Gasteiger partial charge in [0.15, 0.2) is 0 Å². The van der Waals surface area contributed by atoms with E-state index in [9.17, 15) is 0 Å². The molecule has 1 N–H and O–H groups in total. The number of nitrogens with zero attached hydrogens (tertiary/aromatic N) is 1. The van der Waals surface area contributed by atoms with E-state index in [1.54, 1.807) is 0 Å². The van der Waals surface area contributed by atoms with Crippen LogP contribution in [0.2, 0.25) is 0 Å². The summed E-state index contributed by atoms with van der Waals surface area (Å²) in [5, 5.41) is 4.40. The second kappa shape index (κ2) is 7.53. The first kappa shape index (κ1) is 13.3. The summed E-state index contributed by atoms with van der Waals surface area (Å²) >= 11 is 1.96. The first-order valence-corrected chi connectivity index (χ1v) is 7.43. The van der Waals surface area contributed by atoms with Crippen molar-refractivity contribution in [3.8, 4) is 0 Å². The van der Waals surface area contributed by atoms with E-state index in [1.807, 2.05) is 11.8 Å². The Labute approximate surface area is 99.2 Å². The van der Waals surface area contributed by atoms with Crippen LogP contribution in [-0.2, 0) is 0 Å². The van der Waals surface area contributed by atoms with Crippen LogP contribution in [0.3, 0.4) is 0 Å². The number of thioether (sulfide) groups is 1. The number of likely N-dealkylation sites (tertiary alicyclic amines) is 1. The molecule has 0 aromatic rings. The SMILES string of the molecule is CSC(C)CCNCC1CCN(C)CC1. The molecule has 1 saturated heterocycles. The van der Waals surface area contributed by atoms with Crippen molar-refractivity contribution in [2.45, 2.75) is 31.4 Å². The average molecular weight is 230 g/mol. The quantitative estimate of drug-likeness (QED) is 0.703. The third-order valence-electron chi connectivity index (χ3n) is 3.40. The topological polar surface area (TPSA) is 15.3 Å². The zero-order valence-corrected chi connectivity index (χ0v) is 11.3. The average Bonchev–Trinajstić information content (AvgIpc) is 2.26. The summed E-state index contributed by atoms with van der Waals surface area (Å²) in [4.78, 5) is 2.44. The van der Waals surface area contributed by atoms with Crippen LogP contribution in [0, 0.1) is 5.92 Å². The standard InChI is InChI=1S/C12H26N2S/c1-11(15-3)4-7-13-10-12-5-8-14(2)9-6-12/h11-13H,4-10H2,1-3H3. The van der Waals surface area contributed by atoms with Gasteiger partial charge >= 0.3 is 0 Å². The predicted molar refractivity (Wildman–Crippen MR) is 70.7 cm³/mol. The maximum atomic E-state index is 3.60. The molecular weight excluding hydrogens is 204 g/mol. The monoisotopic (exact) mass is 230 g/mol. The molecule has 0 bridgehead atoms. The molecular formula is C12H26N2S. The highest BCUT2D eigenvalue weighted by Gasteiger charge is 2.15. The van der Waals surface area contributed by atoms with Crippen molar-refractivity contribution in [2.24, 2.45) is 5.92 Å². The Hall–Kier alpha value is 0.270. The van der Waals surface area contributed by atoms with Gasteiger partial charge in [-0.3, -0.25) is 0 Å². The first-order valence-electron chi connectivity index (χ1n) is 6.14. The van der Waals surface area contributed by atoms with E-state index in [2.05, 4.69) is 30.4 Å². The van der Waals surface area contributed by atoms with Gasteiger partial charge in [0.1, 0.15) is 0 Å². The largest absolute Gasteiger partial charge is 0.316 e. The van der Waals surface area contributed by atoms with Gasteiger partial charge in [-0.25, -0.2) is 0 Å². The Morgan fingerprint density at radius 2 is 2.07 bits per heavy atom. The molecule has 90 valence electrons. The van der Waals surface area contributed by atoms with E-state index < -0.39 is 0 Å². The van der Waals surface area contributed by atoms with Gasteiger partial charge in [0.2, 0.25) is 0 Å². The zero-order chi connectivity index (χ0) is 11.1. The summed E-state index contributed by atoms with van der Waals surface area (Å²) in [7, 11) is 2.23. The zero-order valence-electron chi connectivity index (χ0n) is 10.5. The highest BCUT2D eigenvalue weighted by Crippen LogP contribution is 2.15.